The highest BCUT2D eigenvalue weighted by atomic mass is 19.1. The van der Waals surface area contributed by atoms with Crippen LogP contribution in [0.4, 0.5) is 4.39 Å². The summed E-state index contributed by atoms with van der Waals surface area (Å²) in [7, 11) is 1.51. The van der Waals surface area contributed by atoms with Crippen molar-refractivity contribution in [2.45, 2.75) is 13.0 Å². The van der Waals surface area contributed by atoms with Crippen molar-refractivity contribution in [3.63, 3.8) is 0 Å². The van der Waals surface area contributed by atoms with E-state index in [1.807, 2.05) is 24.3 Å². The lowest BCUT2D eigenvalue weighted by Crippen LogP contribution is -2.06. The third-order valence-electron chi connectivity index (χ3n) is 3.03. The minimum atomic E-state index is -0.333. The summed E-state index contributed by atoms with van der Waals surface area (Å²) in [5.74, 6) is 0.906. The number of benzene rings is 2. The Bertz CT molecular complexity index is 572. The molecule has 0 bridgehead atoms. The van der Waals surface area contributed by atoms with Gasteiger partial charge in [-0.15, -0.1) is 0 Å². The van der Waals surface area contributed by atoms with Crippen molar-refractivity contribution in [1.29, 1.82) is 0 Å². The Morgan fingerprint density at radius 1 is 1.10 bits per heavy atom. The lowest BCUT2D eigenvalue weighted by Gasteiger charge is -2.12. The van der Waals surface area contributed by atoms with Gasteiger partial charge >= 0.3 is 0 Å². The van der Waals surface area contributed by atoms with E-state index >= 15 is 0 Å². The Balaban J connectivity index is 2.09. The first-order valence-electron chi connectivity index (χ1n) is 6.47. The molecule has 0 aromatic heterocycles. The van der Waals surface area contributed by atoms with Gasteiger partial charge in [0, 0.05) is 11.6 Å². The molecule has 0 radical (unpaired) electrons. The first kappa shape index (κ1) is 14.3. The van der Waals surface area contributed by atoms with Gasteiger partial charge in [0.2, 0.25) is 0 Å². The SMILES string of the molecule is COc1ccc(COc2ccccc2CCN)c(F)c1. The van der Waals surface area contributed by atoms with E-state index in [0.29, 0.717) is 17.9 Å². The molecule has 106 valence electrons. The van der Waals surface area contributed by atoms with Crippen molar-refractivity contribution < 1.29 is 13.9 Å². The average Bonchev–Trinajstić information content (AvgIpc) is 2.47. The fourth-order valence-corrected chi connectivity index (χ4v) is 1.93. The monoisotopic (exact) mass is 275 g/mol. The van der Waals surface area contributed by atoms with Gasteiger partial charge < -0.3 is 15.2 Å². The lowest BCUT2D eigenvalue weighted by atomic mass is 10.1. The minimum absolute atomic E-state index is 0.178. The maximum absolute atomic E-state index is 13.8. The first-order chi connectivity index (χ1) is 9.74. The van der Waals surface area contributed by atoms with Crippen LogP contribution in [0.25, 0.3) is 0 Å². The number of ether oxygens (including phenoxy) is 2. The van der Waals surface area contributed by atoms with E-state index in [2.05, 4.69) is 0 Å². The summed E-state index contributed by atoms with van der Waals surface area (Å²) in [6.07, 6.45) is 0.737. The third kappa shape index (κ3) is 3.48. The summed E-state index contributed by atoms with van der Waals surface area (Å²) in [6, 6.07) is 12.4. The molecule has 0 atom stereocenters. The molecule has 0 amide bonds. The summed E-state index contributed by atoms with van der Waals surface area (Å²) >= 11 is 0. The molecule has 0 aliphatic carbocycles. The maximum atomic E-state index is 13.8. The molecule has 0 heterocycles. The molecule has 0 spiro atoms. The van der Waals surface area contributed by atoms with Gasteiger partial charge in [-0.3, -0.25) is 0 Å². The van der Waals surface area contributed by atoms with Gasteiger partial charge in [-0.25, -0.2) is 4.39 Å². The van der Waals surface area contributed by atoms with Crippen LogP contribution < -0.4 is 15.2 Å². The van der Waals surface area contributed by atoms with E-state index in [1.54, 1.807) is 12.1 Å². The van der Waals surface area contributed by atoms with E-state index in [9.17, 15) is 4.39 Å². The summed E-state index contributed by atoms with van der Waals surface area (Å²) in [5, 5.41) is 0. The van der Waals surface area contributed by atoms with Gasteiger partial charge in [-0.05, 0) is 36.7 Å². The Hall–Kier alpha value is -2.07. The highest BCUT2D eigenvalue weighted by Gasteiger charge is 2.07. The first-order valence-corrected chi connectivity index (χ1v) is 6.47. The fraction of sp³-hybridized carbons (Fsp3) is 0.250. The molecule has 0 fully saturated rings. The van der Waals surface area contributed by atoms with Crippen LogP contribution in [0.1, 0.15) is 11.1 Å². The number of nitrogens with two attached hydrogens (primary N) is 1. The lowest BCUT2D eigenvalue weighted by molar-refractivity contribution is 0.296. The van der Waals surface area contributed by atoms with Gasteiger partial charge in [0.1, 0.15) is 23.9 Å². The fourth-order valence-electron chi connectivity index (χ4n) is 1.93. The normalized spacial score (nSPS) is 10.3. The Morgan fingerprint density at radius 3 is 2.60 bits per heavy atom. The molecule has 0 aliphatic rings. The van der Waals surface area contributed by atoms with Crippen molar-refractivity contribution in [1.82, 2.24) is 0 Å². The van der Waals surface area contributed by atoms with Crippen LogP contribution in [0.3, 0.4) is 0 Å². The zero-order chi connectivity index (χ0) is 14.4. The molecule has 0 aliphatic heterocycles. The Labute approximate surface area is 118 Å². The van der Waals surface area contributed by atoms with Gasteiger partial charge in [0.15, 0.2) is 0 Å². The van der Waals surface area contributed by atoms with Crippen LogP contribution in [0, 0.1) is 5.82 Å². The molecule has 20 heavy (non-hydrogen) atoms. The third-order valence-corrected chi connectivity index (χ3v) is 3.03. The molecule has 0 saturated carbocycles. The number of rotatable bonds is 6. The van der Waals surface area contributed by atoms with Crippen molar-refractivity contribution in [2.24, 2.45) is 5.73 Å². The van der Waals surface area contributed by atoms with E-state index in [1.165, 1.54) is 13.2 Å². The van der Waals surface area contributed by atoms with Gasteiger partial charge in [0.25, 0.3) is 0 Å². The molecule has 4 heteroatoms. The highest BCUT2D eigenvalue weighted by Crippen LogP contribution is 2.22. The highest BCUT2D eigenvalue weighted by molar-refractivity contribution is 5.34. The molecule has 0 saturated heterocycles. The molecule has 2 aromatic carbocycles. The van der Waals surface area contributed by atoms with Crippen LogP contribution >= 0.6 is 0 Å². The van der Waals surface area contributed by atoms with E-state index in [-0.39, 0.29) is 12.4 Å². The van der Waals surface area contributed by atoms with Crippen LogP contribution in [0.5, 0.6) is 11.5 Å². The van der Waals surface area contributed by atoms with E-state index in [4.69, 9.17) is 15.2 Å². The number of methoxy groups -OCH3 is 1. The molecule has 2 rings (SSSR count). The Kier molecular flexibility index (Phi) is 4.96. The largest absolute Gasteiger partial charge is 0.497 e. The number of hydrogen-bond acceptors (Lipinski definition) is 3. The van der Waals surface area contributed by atoms with Gasteiger partial charge in [-0.1, -0.05) is 18.2 Å². The predicted octanol–water partition coefficient (Wildman–Crippen LogP) is 2.91. The van der Waals surface area contributed by atoms with Crippen molar-refractivity contribution in [2.75, 3.05) is 13.7 Å². The standard InChI is InChI=1S/C16H18FNO2/c1-19-14-7-6-13(15(17)10-14)11-20-16-5-3-2-4-12(16)8-9-18/h2-7,10H,8-9,11,18H2,1H3. The second kappa shape index (κ2) is 6.91. The molecule has 0 unspecified atom stereocenters. The molecular formula is C16H18FNO2. The van der Waals surface area contributed by atoms with Crippen LogP contribution in [-0.2, 0) is 13.0 Å². The number of halogens is 1. The topological polar surface area (TPSA) is 44.5 Å². The Morgan fingerprint density at radius 2 is 1.90 bits per heavy atom. The van der Waals surface area contributed by atoms with E-state index in [0.717, 1.165) is 17.7 Å². The van der Waals surface area contributed by atoms with Crippen molar-refractivity contribution in [3.8, 4) is 11.5 Å². The zero-order valence-electron chi connectivity index (χ0n) is 11.4. The van der Waals surface area contributed by atoms with Gasteiger partial charge in [-0.2, -0.15) is 0 Å². The second-order valence-corrected chi connectivity index (χ2v) is 4.39. The summed E-state index contributed by atoms with van der Waals surface area (Å²) < 4.78 is 24.5. The van der Waals surface area contributed by atoms with Crippen LogP contribution in [0.2, 0.25) is 0 Å². The zero-order valence-corrected chi connectivity index (χ0v) is 11.4. The van der Waals surface area contributed by atoms with E-state index < -0.39 is 0 Å². The summed E-state index contributed by atoms with van der Waals surface area (Å²) in [6.45, 7) is 0.731. The summed E-state index contributed by atoms with van der Waals surface area (Å²) in [5.41, 5.74) is 7.09. The minimum Gasteiger partial charge on any atom is -0.497 e. The van der Waals surface area contributed by atoms with Crippen LogP contribution in [0.15, 0.2) is 42.5 Å². The summed E-state index contributed by atoms with van der Waals surface area (Å²) in [4.78, 5) is 0. The smallest absolute Gasteiger partial charge is 0.133 e. The quantitative estimate of drug-likeness (QED) is 0.881. The molecule has 2 N–H and O–H groups in total. The molecule has 2 aromatic rings. The average molecular weight is 275 g/mol. The number of hydrogen-bond donors (Lipinski definition) is 1. The number of para-hydroxylation sites is 1. The maximum Gasteiger partial charge on any atom is 0.133 e. The molecular weight excluding hydrogens is 257 g/mol. The molecule has 3 nitrogen and oxygen atoms in total. The van der Waals surface area contributed by atoms with Gasteiger partial charge in [0.05, 0.1) is 7.11 Å². The van der Waals surface area contributed by atoms with Crippen LogP contribution in [-0.4, -0.2) is 13.7 Å². The predicted molar refractivity (Wildman–Crippen MR) is 76.5 cm³/mol. The van der Waals surface area contributed by atoms with Crippen molar-refractivity contribution in [3.05, 3.63) is 59.4 Å². The van der Waals surface area contributed by atoms with Crippen molar-refractivity contribution >= 4 is 0 Å². The second-order valence-electron chi connectivity index (χ2n) is 4.39.